The molecule has 0 saturated heterocycles. The average molecular weight is 435 g/mol. The molecule has 0 aliphatic heterocycles. The van der Waals surface area contributed by atoms with Crippen LogP contribution in [0.15, 0.2) is 24.3 Å². The minimum atomic E-state index is -0.795. The molecule has 4 aliphatic rings. The van der Waals surface area contributed by atoms with E-state index in [2.05, 4.69) is 10.6 Å². The molecule has 1 unspecified atom stereocenters. The van der Waals surface area contributed by atoms with E-state index in [-0.39, 0.29) is 36.2 Å². The Labute approximate surface area is 183 Å². The topological polar surface area (TPSA) is 117 Å². The highest BCUT2D eigenvalue weighted by Crippen LogP contribution is 2.55. The second-order valence-electron chi connectivity index (χ2n) is 9.19. The largest absolute Gasteiger partial charge is 0.467 e. The molecule has 1 aromatic carbocycles. The average Bonchev–Trinajstić information content (AvgIpc) is 2.65. The van der Waals surface area contributed by atoms with Crippen molar-refractivity contribution in [1.82, 2.24) is 10.6 Å². The van der Waals surface area contributed by atoms with Crippen LogP contribution in [0.1, 0.15) is 49.7 Å². The lowest BCUT2D eigenvalue weighted by Crippen LogP contribution is -2.62. The quantitative estimate of drug-likeness (QED) is 0.313. The zero-order chi connectivity index (χ0) is 20.6. The van der Waals surface area contributed by atoms with Gasteiger partial charge in [-0.1, -0.05) is 18.2 Å². The third kappa shape index (κ3) is 4.72. The molecule has 0 radical (unpaired) electrons. The maximum Gasteiger partial charge on any atom is 0.328 e. The first-order valence-corrected chi connectivity index (χ1v) is 10.5. The molecule has 0 spiro atoms. The summed E-state index contributed by atoms with van der Waals surface area (Å²) in [6.45, 7) is 0. The van der Waals surface area contributed by atoms with E-state index in [9.17, 15) is 9.59 Å². The molecule has 5 N–H and O–H groups in total. The number of urea groups is 1. The Morgan fingerprint density at radius 1 is 1.20 bits per heavy atom. The molecule has 4 aliphatic carbocycles. The molecular weight excluding hydrogens is 404 g/mol. The fourth-order valence-corrected chi connectivity index (χ4v) is 6.14. The summed E-state index contributed by atoms with van der Waals surface area (Å²) < 4.78 is 4.91. The number of carbonyl (C=O) groups is 2. The van der Waals surface area contributed by atoms with Crippen molar-refractivity contribution in [2.75, 3.05) is 7.11 Å². The van der Waals surface area contributed by atoms with Crippen LogP contribution in [0.2, 0.25) is 0 Å². The Morgan fingerprint density at radius 3 is 2.33 bits per heavy atom. The number of nitrogens with one attached hydrogen (secondary N) is 3. The zero-order valence-corrected chi connectivity index (χ0v) is 18.1. The van der Waals surface area contributed by atoms with Gasteiger partial charge in [-0.3, -0.25) is 5.41 Å². The van der Waals surface area contributed by atoms with Gasteiger partial charge in [-0.25, -0.2) is 9.59 Å². The lowest BCUT2D eigenvalue weighted by Gasteiger charge is -2.56. The summed E-state index contributed by atoms with van der Waals surface area (Å²) in [7, 11) is 1.32. The summed E-state index contributed by atoms with van der Waals surface area (Å²) in [5, 5.41) is 13.7. The first-order chi connectivity index (χ1) is 13.9. The van der Waals surface area contributed by atoms with Gasteiger partial charge in [0.1, 0.15) is 11.9 Å². The molecule has 2 amide bonds. The van der Waals surface area contributed by atoms with Crippen LogP contribution in [0.4, 0.5) is 4.79 Å². The van der Waals surface area contributed by atoms with Gasteiger partial charge in [0, 0.05) is 17.5 Å². The molecule has 4 fully saturated rings. The van der Waals surface area contributed by atoms with Gasteiger partial charge in [-0.15, -0.1) is 12.4 Å². The summed E-state index contributed by atoms with van der Waals surface area (Å²) in [6.07, 6.45) is 7.35. The van der Waals surface area contributed by atoms with Crippen molar-refractivity contribution < 1.29 is 14.3 Å². The third-order valence-electron chi connectivity index (χ3n) is 6.89. The van der Waals surface area contributed by atoms with Crippen molar-refractivity contribution in [2.24, 2.45) is 23.5 Å². The normalized spacial score (nSPS) is 29.4. The Hall–Kier alpha value is -2.28. The summed E-state index contributed by atoms with van der Waals surface area (Å²) in [5.41, 5.74) is 6.84. The number of halogens is 1. The molecule has 30 heavy (non-hydrogen) atoms. The van der Waals surface area contributed by atoms with E-state index < -0.39 is 12.0 Å². The Bertz CT molecular complexity index is 793. The number of nitrogens with two attached hydrogens (primary N) is 1. The standard InChI is InChI=1S/C22H30N4O3.ClH/c1-29-20(27)18(9-13-3-2-4-17(8-13)19(23)24)25-21(28)26-22-10-14-5-15(11-22)7-16(6-14)12-22;/h2-4,8,14-16,18H,5-7,9-12H2,1H3,(H3,23,24)(H2,25,26,28);1H. The maximum atomic E-state index is 12.8. The number of carbonyl (C=O) groups excluding carboxylic acids is 2. The lowest BCUT2D eigenvalue weighted by molar-refractivity contribution is -0.142. The van der Waals surface area contributed by atoms with E-state index >= 15 is 0 Å². The molecule has 1 aromatic rings. The Kier molecular flexibility index (Phi) is 6.60. The van der Waals surface area contributed by atoms with Crippen LogP contribution in [0.25, 0.3) is 0 Å². The van der Waals surface area contributed by atoms with E-state index in [0.29, 0.717) is 5.56 Å². The predicted octanol–water partition coefficient (Wildman–Crippen LogP) is 2.74. The number of nitrogen functional groups attached to an aromatic ring is 1. The molecule has 0 heterocycles. The van der Waals surface area contributed by atoms with Crippen LogP contribution >= 0.6 is 12.4 Å². The van der Waals surface area contributed by atoms with Gasteiger partial charge in [0.2, 0.25) is 0 Å². The number of methoxy groups -OCH3 is 1. The van der Waals surface area contributed by atoms with Crippen molar-refractivity contribution in [3.8, 4) is 0 Å². The van der Waals surface area contributed by atoms with E-state index in [1.807, 2.05) is 6.07 Å². The summed E-state index contributed by atoms with van der Waals surface area (Å²) in [5.74, 6) is 1.67. The highest BCUT2D eigenvalue weighted by atomic mass is 35.5. The van der Waals surface area contributed by atoms with Gasteiger partial charge < -0.3 is 21.1 Å². The van der Waals surface area contributed by atoms with E-state index in [1.54, 1.807) is 18.2 Å². The number of esters is 1. The summed E-state index contributed by atoms with van der Waals surface area (Å²) in [6, 6.07) is 6.04. The first-order valence-electron chi connectivity index (χ1n) is 10.5. The number of amides is 2. The number of benzene rings is 1. The summed E-state index contributed by atoms with van der Waals surface area (Å²) >= 11 is 0. The fraction of sp³-hybridized carbons (Fsp3) is 0.591. The number of rotatable bonds is 6. The van der Waals surface area contributed by atoms with Crippen molar-refractivity contribution in [3.05, 3.63) is 35.4 Å². The van der Waals surface area contributed by atoms with Crippen LogP contribution in [0, 0.1) is 23.2 Å². The van der Waals surface area contributed by atoms with Crippen molar-refractivity contribution in [2.45, 2.75) is 56.5 Å². The monoisotopic (exact) mass is 434 g/mol. The van der Waals surface area contributed by atoms with Crippen molar-refractivity contribution >= 4 is 30.2 Å². The molecule has 7 nitrogen and oxygen atoms in total. The van der Waals surface area contributed by atoms with Crippen molar-refractivity contribution in [3.63, 3.8) is 0 Å². The number of amidine groups is 1. The van der Waals surface area contributed by atoms with E-state index in [1.165, 1.54) is 26.4 Å². The fourth-order valence-electron chi connectivity index (χ4n) is 6.14. The minimum Gasteiger partial charge on any atom is -0.467 e. The zero-order valence-electron chi connectivity index (χ0n) is 17.3. The third-order valence-corrected chi connectivity index (χ3v) is 6.89. The highest BCUT2D eigenvalue weighted by molar-refractivity contribution is 5.95. The van der Waals surface area contributed by atoms with Crippen LogP contribution in [-0.2, 0) is 16.0 Å². The molecular formula is C22H31ClN4O3. The number of ether oxygens (including phenoxy) is 1. The molecule has 164 valence electrons. The van der Waals surface area contributed by atoms with Crippen molar-refractivity contribution in [1.29, 1.82) is 5.41 Å². The number of hydrogen-bond donors (Lipinski definition) is 4. The minimum absolute atomic E-state index is 0. The molecule has 4 bridgehead atoms. The Balaban J connectivity index is 0.00000256. The van der Waals surface area contributed by atoms with Gasteiger partial charge in [0.15, 0.2) is 0 Å². The van der Waals surface area contributed by atoms with Gasteiger partial charge in [0.25, 0.3) is 0 Å². The second kappa shape index (κ2) is 8.84. The molecule has 0 aromatic heterocycles. The van der Waals surface area contributed by atoms with Gasteiger partial charge in [-0.2, -0.15) is 0 Å². The lowest BCUT2D eigenvalue weighted by atomic mass is 9.53. The Morgan fingerprint density at radius 2 is 1.80 bits per heavy atom. The van der Waals surface area contributed by atoms with E-state index in [4.69, 9.17) is 15.9 Å². The number of hydrogen-bond acceptors (Lipinski definition) is 4. The van der Waals surface area contributed by atoms with Gasteiger partial charge in [-0.05, 0) is 67.9 Å². The highest BCUT2D eigenvalue weighted by Gasteiger charge is 2.51. The first kappa shape index (κ1) is 22.4. The second-order valence-corrected chi connectivity index (χ2v) is 9.19. The smallest absolute Gasteiger partial charge is 0.328 e. The van der Waals surface area contributed by atoms with E-state index in [0.717, 1.165) is 42.6 Å². The van der Waals surface area contributed by atoms with Crippen LogP contribution in [0.3, 0.4) is 0 Å². The SMILES string of the molecule is COC(=O)C(Cc1cccc(C(=N)N)c1)NC(=O)NC12CC3CC(CC(C3)C1)C2.Cl. The van der Waals surface area contributed by atoms with Gasteiger partial charge in [0.05, 0.1) is 7.11 Å². The molecule has 1 atom stereocenters. The molecule has 8 heteroatoms. The van der Waals surface area contributed by atoms with Crippen LogP contribution in [-0.4, -0.2) is 36.5 Å². The summed E-state index contributed by atoms with van der Waals surface area (Å²) in [4.78, 5) is 25.1. The predicted molar refractivity (Wildman–Crippen MR) is 117 cm³/mol. The van der Waals surface area contributed by atoms with Crippen LogP contribution in [0.5, 0.6) is 0 Å². The molecule has 4 saturated carbocycles. The van der Waals surface area contributed by atoms with Crippen LogP contribution < -0.4 is 16.4 Å². The maximum absolute atomic E-state index is 12.8. The molecule has 5 rings (SSSR count). The van der Waals surface area contributed by atoms with Gasteiger partial charge >= 0.3 is 12.0 Å².